The lowest BCUT2D eigenvalue weighted by molar-refractivity contribution is -0.133. The van der Waals surface area contributed by atoms with Gasteiger partial charge in [-0.1, -0.05) is 26.0 Å². The first-order valence-electron chi connectivity index (χ1n) is 8.32. The van der Waals surface area contributed by atoms with E-state index < -0.39 is 0 Å². The number of hydrogen-bond donors (Lipinski definition) is 1. The SMILES string of the molecule is CCN(Cc1cccc(F)c1)C(=O)CN1CCC(N)C(C)(C)C1.Cl. The Morgan fingerprint density at radius 1 is 1.46 bits per heavy atom. The maximum Gasteiger partial charge on any atom is 0.237 e. The highest BCUT2D eigenvalue weighted by molar-refractivity contribution is 5.85. The summed E-state index contributed by atoms with van der Waals surface area (Å²) in [6, 6.07) is 6.61. The van der Waals surface area contributed by atoms with Gasteiger partial charge in [-0.25, -0.2) is 4.39 Å². The molecule has 0 saturated carbocycles. The Morgan fingerprint density at radius 3 is 2.75 bits per heavy atom. The van der Waals surface area contributed by atoms with Gasteiger partial charge >= 0.3 is 0 Å². The molecule has 1 aromatic carbocycles. The number of nitrogens with two attached hydrogens (primary N) is 1. The van der Waals surface area contributed by atoms with E-state index in [1.807, 2.05) is 13.0 Å². The summed E-state index contributed by atoms with van der Waals surface area (Å²) in [5.41, 5.74) is 7.00. The van der Waals surface area contributed by atoms with Crippen LogP contribution in [0.15, 0.2) is 24.3 Å². The molecule has 1 aliphatic heterocycles. The van der Waals surface area contributed by atoms with Gasteiger partial charge in [0.1, 0.15) is 5.82 Å². The molecule has 0 radical (unpaired) electrons. The van der Waals surface area contributed by atoms with Crippen LogP contribution in [0, 0.1) is 11.2 Å². The van der Waals surface area contributed by atoms with E-state index in [9.17, 15) is 9.18 Å². The van der Waals surface area contributed by atoms with Crippen LogP contribution in [0.25, 0.3) is 0 Å². The number of carbonyl (C=O) groups is 1. The lowest BCUT2D eigenvalue weighted by atomic mass is 9.80. The lowest BCUT2D eigenvalue weighted by Crippen LogP contribution is -2.54. The summed E-state index contributed by atoms with van der Waals surface area (Å²) in [5.74, 6) is -0.180. The molecule has 4 nitrogen and oxygen atoms in total. The number of benzene rings is 1. The van der Waals surface area contributed by atoms with E-state index >= 15 is 0 Å². The number of likely N-dealkylation sites (N-methyl/N-ethyl adjacent to an activating group) is 1. The largest absolute Gasteiger partial charge is 0.338 e. The van der Waals surface area contributed by atoms with Crippen LogP contribution in [0.4, 0.5) is 4.39 Å². The second kappa shape index (κ2) is 8.79. The van der Waals surface area contributed by atoms with Crippen molar-refractivity contribution in [3.63, 3.8) is 0 Å². The average Bonchev–Trinajstić information content (AvgIpc) is 2.48. The number of halogens is 2. The number of nitrogens with zero attached hydrogens (tertiary/aromatic N) is 2. The molecule has 2 rings (SSSR count). The van der Waals surface area contributed by atoms with Crippen LogP contribution in [0.3, 0.4) is 0 Å². The molecule has 1 fully saturated rings. The first-order valence-corrected chi connectivity index (χ1v) is 8.32. The molecule has 1 saturated heterocycles. The molecule has 0 bridgehead atoms. The summed E-state index contributed by atoms with van der Waals surface area (Å²) in [6.45, 7) is 9.41. The second-order valence-corrected chi connectivity index (χ2v) is 7.13. The normalized spacial score (nSPS) is 20.3. The molecular formula is C18H29ClFN3O. The molecule has 1 unspecified atom stereocenters. The van der Waals surface area contributed by atoms with Crippen molar-refractivity contribution < 1.29 is 9.18 Å². The first-order chi connectivity index (χ1) is 10.8. The number of rotatable bonds is 5. The third-order valence-electron chi connectivity index (χ3n) is 4.75. The van der Waals surface area contributed by atoms with Gasteiger partial charge in [0.15, 0.2) is 0 Å². The second-order valence-electron chi connectivity index (χ2n) is 7.13. The van der Waals surface area contributed by atoms with Crippen molar-refractivity contribution in [2.24, 2.45) is 11.1 Å². The quantitative estimate of drug-likeness (QED) is 0.881. The molecule has 0 spiro atoms. The lowest BCUT2D eigenvalue weighted by Gasteiger charge is -2.42. The topological polar surface area (TPSA) is 49.6 Å². The minimum absolute atomic E-state index is 0. The van der Waals surface area contributed by atoms with E-state index in [4.69, 9.17) is 5.73 Å². The minimum Gasteiger partial charge on any atom is -0.338 e. The van der Waals surface area contributed by atoms with Gasteiger partial charge in [-0.05, 0) is 36.5 Å². The van der Waals surface area contributed by atoms with Crippen LogP contribution in [0.1, 0.15) is 32.8 Å². The standard InChI is InChI=1S/C18H28FN3O.ClH/c1-4-22(11-14-6-5-7-15(19)10-14)17(23)12-21-9-8-16(20)18(2,3)13-21;/h5-7,10,16H,4,8-9,11-13,20H2,1-3H3;1H. The summed E-state index contributed by atoms with van der Waals surface area (Å²) in [7, 11) is 0. The highest BCUT2D eigenvalue weighted by Gasteiger charge is 2.34. The van der Waals surface area contributed by atoms with Gasteiger partial charge < -0.3 is 10.6 Å². The zero-order chi connectivity index (χ0) is 17.0. The van der Waals surface area contributed by atoms with E-state index in [2.05, 4.69) is 18.7 Å². The highest BCUT2D eigenvalue weighted by atomic mass is 35.5. The Bertz CT molecular complexity index is 553. The number of piperidine rings is 1. The molecule has 0 aliphatic carbocycles. The van der Waals surface area contributed by atoms with Gasteiger partial charge in [0.25, 0.3) is 0 Å². The molecular weight excluding hydrogens is 329 g/mol. The van der Waals surface area contributed by atoms with Crippen molar-refractivity contribution in [2.45, 2.75) is 39.8 Å². The van der Waals surface area contributed by atoms with Crippen LogP contribution >= 0.6 is 12.4 Å². The average molecular weight is 358 g/mol. The van der Waals surface area contributed by atoms with E-state index in [-0.39, 0.29) is 35.6 Å². The van der Waals surface area contributed by atoms with Crippen molar-refractivity contribution >= 4 is 18.3 Å². The number of carbonyl (C=O) groups excluding carboxylic acids is 1. The summed E-state index contributed by atoms with van der Waals surface area (Å²) in [4.78, 5) is 16.5. The van der Waals surface area contributed by atoms with Crippen LogP contribution in [-0.4, -0.2) is 47.9 Å². The van der Waals surface area contributed by atoms with Gasteiger partial charge in [-0.15, -0.1) is 12.4 Å². The molecule has 0 aromatic heterocycles. The zero-order valence-electron chi connectivity index (χ0n) is 14.8. The van der Waals surface area contributed by atoms with Crippen LogP contribution < -0.4 is 5.73 Å². The maximum atomic E-state index is 13.3. The fourth-order valence-electron chi connectivity index (χ4n) is 3.14. The van der Waals surface area contributed by atoms with Crippen molar-refractivity contribution in [2.75, 3.05) is 26.2 Å². The molecule has 1 aliphatic rings. The Morgan fingerprint density at radius 2 is 2.17 bits per heavy atom. The molecule has 1 atom stereocenters. The summed E-state index contributed by atoms with van der Waals surface area (Å²) in [5, 5.41) is 0. The van der Waals surface area contributed by atoms with Gasteiger partial charge in [-0.3, -0.25) is 9.69 Å². The highest BCUT2D eigenvalue weighted by Crippen LogP contribution is 2.27. The molecule has 24 heavy (non-hydrogen) atoms. The van der Waals surface area contributed by atoms with Crippen LogP contribution in [0.5, 0.6) is 0 Å². The van der Waals surface area contributed by atoms with Crippen molar-refractivity contribution in [1.82, 2.24) is 9.80 Å². The Labute approximate surface area is 150 Å². The molecule has 1 heterocycles. The monoisotopic (exact) mass is 357 g/mol. The van der Waals surface area contributed by atoms with E-state index in [0.29, 0.717) is 19.6 Å². The number of likely N-dealkylation sites (tertiary alicyclic amines) is 1. The summed E-state index contributed by atoms with van der Waals surface area (Å²) in [6.07, 6.45) is 0.913. The Kier molecular flexibility index (Phi) is 7.64. The van der Waals surface area contributed by atoms with Crippen LogP contribution in [0.2, 0.25) is 0 Å². The third kappa shape index (κ3) is 5.43. The molecule has 6 heteroatoms. The predicted octanol–water partition coefficient (Wildman–Crippen LogP) is 2.66. The first kappa shape index (κ1) is 20.9. The number of hydrogen-bond acceptors (Lipinski definition) is 3. The fourth-order valence-corrected chi connectivity index (χ4v) is 3.14. The fraction of sp³-hybridized carbons (Fsp3) is 0.611. The maximum absolute atomic E-state index is 13.3. The minimum atomic E-state index is -0.266. The van der Waals surface area contributed by atoms with Gasteiger partial charge in [0.2, 0.25) is 5.91 Å². The Balaban J connectivity index is 0.00000288. The molecule has 1 amide bonds. The summed E-state index contributed by atoms with van der Waals surface area (Å²) < 4.78 is 13.3. The molecule has 2 N–H and O–H groups in total. The molecule has 136 valence electrons. The molecule has 1 aromatic rings. The zero-order valence-corrected chi connectivity index (χ0v) is 15.6. The summed E-state index contributed by atoms with van der Waals surface area (Å²) >= 11 is 0. The van der Waals surface area contributed by atoms with E-state index in [0.717, 1.165) is 25.1 Å². The predicted molar refractivity (Wildman–Crippen MR) is 97.6 cm³/mol. The van der Waals surface area contributed by atoms with Crippen molar-refractivity contribution in [3.05, 3.63) is 35.6 Å². The van der Waals surface area contributed by atoms with Gasteiger partial charge in [0.05, 0.1) is 6.54 Å². The van der Waals surface area contributed by atoms with Gasteiger partial charge in [0, 0.05) is 32.2 Å². The Hall–Kier alpha value is -1.17. The van der Waals surface area contributed by atoms with Gasteiger partial charge in [-0.2, -0.15) is 0 Å². The smallest absolute Gasteiger partial charge is 0.237 e. The van der Waals surface area contributed by atoms with E-state index in [1.165, 1.54) is 12.1 Å². The number of amides is 1. The van der Waals surface area contributed by atoms with Crippen molar-refractivity contribution in [1.29, 1.82) is 0 Å². The third-order valence-corrected chi connectivity index (χ3v) is 4.75. The van der Waals surface area contributed by atoms with Crippen LogP contribution in [-0.2, 0) is 11.3 Å². The van der Waals surface area contributed by atoms with E-state index in [1.54, 1.807) is 11.0 Å². The van der Waals surface area contributed by atoms with Crippen molar-refractivity contribution in [3.8, 4) is 0 Å².